The number of sulfone groups is 1. The number of aromatic amines is 1. The molecule has 2 N–H and O–H groups in total. The summed E-state index contributed by atoms with van der Waals surface area (Å²) in [5.41, 5.74) is 0.175. The Labute approximate surface area is 170 Å². The van der Waals surface area contributed by atoms with E-state index in [9.17, 15) is 18.0 Å². The second-order valence-electron chi connectivity index (χ2n) is 6.90. The highest BCUT2D eigenvalue weighted by Gasteiger charge is 2.19. The Hall–Kier alpha value is -2.81. The maximum atomic E-state index is 12.4. The number of H-pyrrole nitrogens is 1. The van der Waals surface area contributed by atoms with Crippen molar-refractivity contribution in [2.75, 3.05) is 24.3 Å². The molecule has 9 heteroatoms. The van der Waals surface area contributed by atoms with Crippen LogP contribution in [0.1, 0.15) is 26.5 Å². The quantitative estimate of drug-likeness (QED) is 0.607. The fourth-order valence-electron chi connectivity index (χ4n) is 2.48. The fraction of sp³-hybridized carbons (Fsp3) is 0.400. The van der Waals surface area contributed by atoms with E-state index in [2.05, 4.69) is 10.3 Å². The van der Waals surface area contributed by atoms with Crippen molar-refractivity contribution >= 4 is 21.4 Å². The molecule has 0 aliphatic rings. The number of pyridine rings is 1. The lowest BCUT2D eigenvalue weighted by atomic mass is 10.2. The van der Waals surface area contributed by atoms with E-state index in [1.807, 2.05) is 20.8 Å². The highest BCUT2D eigenvalue weighted by atomic mass is 32.2. The highest BCUT2D eigenvalue weighted by molar-refractivity contribution is 7.91. The van der Waals surface area contributed by atoms with Gasteiger partial charge >= 0.3 is 0 Å². The van der Waals surface area contributed by atoms with Gasteiger partial charge in [-0.1, -0.05) is 26.0 Å². The lowest BCUT2D eigenvalue weighted by molar-refractivity contribution is -0.113. The molecular formula is C20H26N2O6S. The van der Waals surface area contributed by atoms with Crippen molar-refractivity contribution in [3.63, 3.8) is 0 Å². The van der Waals surface area contributed by atoms with Crippen molar-refractivity contribution in [3.05, 3.63) is 52.4 Å². The van der Waals surface area contributed by atoms with Crippen molar-refractivity contribution in [2.24, 2.45) is 5.92 Å². The van der Waals surface area contributed by atoms with Crippen LogP contribution in [0, 0.1) is 5.92 Å². The molecule has 0 saturated heterocycles. The van der Waals surface area contributed by atoms with Crippen LogP contribution in [0.4, 0.5) is 5.69 Å². The minimum absolute atomic E-state index is 0.130. The number of hydrogen-bond acceptors (Lipinski definition) is 6. The number of carbonyl (C=O) groups excluding carboxylic acids is 1. The molecule has 158 valence electrons. The zero-order valence-electron chi connectivity index (χ0n) is 16.7. The van der Waals surface area contributed by atoms with Crippen molar-refractivity contribution in [1.82, 2.24) is 4.98 Å². The summed E-state index contributed by atoms with van der Waals surface area (Å²) >= 11 is 0. The smallest absolute Gasteiger partial charge is 0.239 e. The Morgan fingerprint density at radius 1 is 1.17 bits per heavy atom. The van der Waals surface area contributed by atoms with E-state index in [-0.39, 0.29) is 17.4 Å². The Morgan fingerprint density at radius 2 is 1.90 bits per heavy atom. The molecule has 2 aromatic rings. The number of carbonyl (C=O) groups is 1. The number of anilines is 1. The molecule has 0 fully saturated rings. The van der Waals surface area contributed by atoms with E-state index in [1.54, 1.807) is 24.3 Å². The SMILES string of the molecule is CCOc1ccccc1NC(=O)CS(=O)(=O)Cc1cc(=O)c(OCC(C)C)c[nH]1. The first kappa shape index (κ1) is 22.5. The Bertz CT molecular complexity index is 998. The molecule has 1 aromatic heterocycles. The van der Waals surface area contributed by atoms with Crippen LogP contribution in [-0.4, -0.2) is 38.3 Å². The minimum atomic E-state index is -3.80. The summed E-state index contributed by atoms with van der Waals surface area (Å²) < 4.78 is 35.5. The van der Waals surface area contributed by atoms with Crippen molar-refractivity contribution in [2.45, 2.75) is 26.5 Å². The molecule has 0 aliphatic heterocycles. The van der Waals surface area contributed by atoms with E-state index in [1.165, 1.54) is 12.3 Å². The molecule has 1 aromatic carbocycles. The number of benzene rings is 1. The lowest BCUT2D eigenvalue weighted by Crippen LogP contribution is -2.25. The van der Waals surface area contributed by atoms with Gasteiger partial charge in [0, 0.05) is 18.0 Å². The molecule has 0 radical (unpaired) electrons. The predicted octanol–water partition coefficient (Wildman–Crippen LogP) is 2.36. The first-order valence-electron chi connectivity index (χ1n) is 9.26. The molecule has 0 bridgehead atoms. The molecule has 0 saturated carbocycles. The first-order chi connectivity index (χ1) is 13.7. The van der Waals surface area contributed by atoms with Gasteiger partial charge in [0.1, 0.15) is 11.5 Å². The molecule has 0 atom stereocenters. The second-order valence-corrected chi connectivity index (χ2v) is 8.97. The van der Waals surface area contributed by atoms with Crippen LogP contribution in [-0.2, 0) is 20.4 Å². The fourth-order valence-corrected chi connectivity index (χ4v) is 3.69. The normalized spacial score (nSPS) is 11.3. The van der Waals surface area contributed by atoms with Crippen molar-refractivity contribution in [3.8, 4) is 11.5 Å². The van der Waals surface area contributed by atoms with Gasteiger partial charge in [-0.05, 0) is 25.0 Å². The summed E-state index contributed by atoms with van der Waals surface area (Å²) in [4.78, 5) is 27.0. The van der Waals surface area contributed by atoms with E-state index in [4.69, 9.17) is 9.47 Å². The van der Waals surface area contributed by atoms with Crippen LogP contribution < -0.4 is 20.2 Å². The van der Waals surface area contributed by atoms with Gasteiger partial charge in [-0.3, -0.25) is 9.59 Å². The average molecular weight is 423 g/mol. The Morgan fingerprint density at radius 3 is 2.55 bits per heavy atom. The molecule has 2 rings (SSSR count). The predicted molar refractivity (Wildman–Crippen MR) is 111 cm³/mol. The number of ether oxygens (including phenoxy) is 2. The van der Waals surface area contributed by atoms with Gasteiger partial charge < -0.3 is 19.8 Å². The van der Waals surface area contributed by atoms with E-state index >= 15 is 0 Å². The summed E-state index contributed by atoms with van der Waals surface area (Å²) in [6.45, 7) is 6.50. The number of rotatable bonds is 10. The molecule has 29 heavy (non-hydrogen) atoms. The molecule has 1 heterocycles. The third-order valence-corrected chi connectivity index (χ3v) is 5.15. The number of amides is 1. The largest absolute Gasteiger partial charge is 0.492 e. The van der Waals surface area contributed by atoms with Gasteiger partial charge in [-0.2, -0.15) is 0 Å². The van der Waals surface area contributed by atoms with Gasteiger partial charge in [0.25, 0.3) is 0 Å². The van der Waals surface area contributed by atoms with Gasteiger partial charge in [0.15, 0.2) is 15.6 Å². The van der Waals surface area contributed by atoms with Crippen LogP contribution in [0.25, 0.3) is 0 Å². The Kier molecular flexibility index (Phi) is 7.83. The maximum Gasteiger partial charge on any atom is 0.239 e. The number of para-hydroxylation sites is 2. The first-order valence-corrected chi connectivity index (χ1v) is 11.1. The minimum Gasteiger partial charge on any atom is -0.492 e. The summed E-state index contributed by atoms with van der Waals surface area (Å²) in [7, 11) is -3.80. The van der Waals surface area contributed by atoms with Crippen molar-refractivity contribution in [1.29, 1.82) is 0 Å². The van der Waals surface area contributed by atoms with Gasteiger partial charge in [-0.15, -0.1) is 0 Å². The lowest BCUT2D eigenvalue weighted by Gasteiger charge is -2.11. The van der Waals surface area contributed by atoms with Gasteiger partial charge in [0.2, 0.25) is 11.3 Å². The Balaban J connectivity index is 2.02. The zero-order valence-corrected chi connectivity index (χ0v) is 17.5. The molecule has 0 unspecified atom stereocenters. The third kappa shape index (κ3) is 7.26. The monoisotopic (exact) mass is 422 g/mol. The maximum absolute atomic E-state index is 12.4. The van der Waals surface area contributed by atoms with Crippen LogP contribution in [0.2, 0.25) is 0 Å². The summed E-state index contributed by atoms with van der Waals surface area (Å²) in [6.07, 6.45) is 1.34. The number of hydrogen-bond donors (Lipinski definition) is 2. The molecular weight excluding hydrogens is 396 g/mol. The molecule has 0 spiro atoms. The summed E-state index contributed by atoms with van der Waals surface area (Å²) in [5.74, 6) is -1.03. The van der Waals surface area contributed by atoms with Crippen LogP contribution in [0.15, 0.2) is 41.3 Å². The average Bonchev–Trinajstić information content (AvgIpc) is 2.62. The topological polar surface area (TPSA) is 115 Å². The number of nitrogens with one attached hydrogen (secondary N) is 2. The third-order valence-electron chi connectivity index (χ3n) is 3.70. The van der Waals surface area contributed by atoms with Gasteiger partial charge in [0.05, 0.1) is 24.7 Å². The van der Waals surface area contributed by atoms with Gasteiger partial charge in [-0.25, -0.2) is 8.42 Å². The molecule has 1 amide bonds. The van der Waals surface area contributed by atoms with Crippen LogP contribution in [0.3, 0.4) is 0 Å². The highest BCUT2D eigenvalue weighted by Crippen LogP contribution is 2.23. The number of aromatic nitrogens is 1. The van der Waals surface area contributed by atoms with Crippen LogP contribution in [0.5, 0.6) is 11.5 Å². The zero-order chi connectivity index (χ0) is 21.4. The van der Waals surface area contributed by atoms with Crippen LogP contribution >= 0.6 is 0 Å². The second kappa shape index (κ2) is 10.1. The van der Waals surface area contributed by atoms with E-state index in [0.29, 0.717) is 24.7 Å². The molecule has 8 nitrogen and oxygen atoms in total. The van der Waals surface area contributed by atoms with E-state index < -0.39 is 32.7 Å². The summed E-state index contributed by atoms with van der Waals surface area (Å²) in [6, 6.07) is 7.95. The standard InChI is InChI=1S/C20H26N2O6S/c1-4-27-18-8-6-5-7-16(18)22-20(24)13-29(25,26)12-15-9-17(23)19(10-21-15)28-11-14(2)3/h5-10,14H,4,11-13H2,1-3H3,(H,21,23)(H,22,24). The van der Waals surface area contributed by atoms with Crippen molar-refractivity contribution < 1.29 is 22.7 Å². The summed E-state index contributed by atoms with van der Waals surface area (Å²) in [5, 5.41) is 2.55. The molecule has 0 aliphatic carbocycles. The van der Waals surface area contributed by atoms with E-state index in [0.717, 1.165) is 0 Å².